The monoisotopic (exact) mass is 361 g/mol. The van der Waals surface area contributed by atoms with E-state index in [0.717, 1.165) is 11.3 Å². The van der Waals surface area contributed by atoms with Gasteiger partial charge in [-0.1, -0.05) is 36.4 Å². The van der Waals surface area contributed by atoms with Crippen LogP contribution in [0.15, 0.2) is 64.3 Å². The molecular weight excluding hydrogens is 342 g/mol. The molecule has 0 saturated heterocycles. The van der Waals surface area contributed by atoms with E-state index in [-0.39, 0.29) is 6.54 Å². The summed E-state index contributed by atoms with van der Waals surface area (Å²) in [5.74, 6) is 0. The van der Waals surface area contributed by atoms with Crippen LogP contribution >= 0.6 is 11.3 Å². The summed E-state index contributed by atoms with van der Waals surface area (Å²) in [4.78, 5) is 0. The van der Waals surface area contributed by atoms with E-state index in [1.165, 1.54) is 15.6 Å². The smallest absolute Gasteiger partial charge is 0.252 e. The Morgan fingerprint density at radius 2 is 1.92 bits per heavy atom. The first-order valence-corrected chi connectivity index (χ1v) is 9.94. The van der Waals surface area contributed by atoms with Crippen LogP contribution < -0.4 is 0 Å². The van der Waals surface area contributed by atoms with Gasteiger partial charge in [-0.05, 0) is 29.5 Å². The minimum Gasteiger partial charge on any atom is -0.276 e. The predicted molar refractivity (Wildman–Crippen MR) is 95.3 cm³/mol. The van der Waals surface area contributed by atoms with Crippen molar-refractivity contribution in [2.24, 2.45) is 7.05 Å². The van der Waals surface area contributed by atoms with Gasteiger partial charge in [0.15, 0.2) is 0 Å². The fourth-order valence-electron chi connectivity index (χ4n) is 2.45. The Morgan fingerprint density at radius 3 is 2.54 bits per heavy atom. The summed E-state index contributed by atoms with van der Waals surface area (Å²) < 4.78 is 29.4. The normalized spacial score (nSPS) is 11.9. The van der Waals surface area contributed by atoms with Crippen LogP contribution in [0.3, 0.4) is 0 Å². The SMILES string of the molecule is Cn1ccc(CN(CCc2ccccc2)S(=O)(=O)c2cccs2)n1. The Labute approximate surface area is 146 Å². The molecule has 0 amide bonds. The lowest BCUT2D eigenvalue weighted by molar-refractivity contribution is 0.405. The van der Waals surface area contributed by atoms with Gasteiger partial charge in [0.2, 0.25) is 0 Å². The van der Waals surface area contributed by atoms with Crippen LogP contribution in [0.2, 0.25) is 0 Å². The van der Waals surface area contributed by atoms with Crippen molar-refractivity contribution in [3.05, 3.63) is 71.4 Å². The average Bonchev–Trinajstić information content (AvgIpc) is 3.24. The van der Waals surface area contributed by atoms with Crippen LogP contribution in [-0.2, 0) is 30.0 Å². The summed E-state index contributed by atoms with van der Waals surface area (Å²) in [5.41, 5.74) is 1.86. The lowest BCUT2D eigenvalue weighted by atomic mass is 10.1. The van der Waals surface area contributed by atoms with Crippen LogP contribution in [0.1, 0.15) is 11.3 Å². The molecule has 0 unspecified atom stereocenters. The van der Waals surface area contributed by atoms with Crippen LogP contribution in [0, 0.1) is 0 Å². The van der Waals surface area contributed by atoms with Crippen molar-refractivity contribution in [3.8, 4) is 0 Å². The zero-order chi connectivity index (χ0) is 17.0. The van der Waals surface area contributed by atoms with Gasteiger partial charge in [0, 0.05) is 19.8 Å². The largest absolute Gasteiger partial charge is 0.276 e. The fourth-order valence-corrected chi connectivity index (χ4v) is 5.00. The van der Waals surface area contributed by atoms with Crippen molar-refractivity contribution in [2.75, 3.05) is 6.54 Å². The molecular formula is C17H19N3O2S2. The maximum atomic E-state index is 12.9. The zero-order valence-corrected chi connectivity index (χ0v) is 15.0. The van der Waals surface area contributed by atoms with E-state index >= 15 is 0 Å². The summed E-state index contributed by atoms with van der Waals surface area (Å²) in [6.07, 6.45) is 2.49. The maximum Gasteiger partial charge on any atom is 0.252 e. The van der Waals surface area contributed by atoms with Crippen molar-refractivity contribution >= 4 is 21.4 Å². The van der Waals surface area contributed by atoms with Crippen molar-refractivity contribution < 1.29 is 8.42 Å². The molecule has 2 aromatic heterocycles. The van der Waals surface area contributed by atoms with Crippen molar-refractivity contribution in [2.45, 2.75) is 17.2 Å². The molecule has 2 heterocycles. The molecule has 126 valence electrons. The van der Waals surface area contributed by atoms with E-state index in [1.807, 2.05) is 49.6 Å². The number of sulfonamides is 1. The third-order valence-corrected chi connectivity index (χ3v) is 6.91. The lowest BCUT2D eigenvalue weighted by Crippen LogP contribution is -2.32. The van der Waals surface area contributed by atoms with Gasteiger partial charge in [0.1, 0.15) is 4.21 Å². The van der Waals surface area contributed by atoms with Gasteiger partial charge < -0.3 is 0 Å². The molecule has 0 aliphatic heterocycles. The number of aryl methyl sites for hydroxylation is 1. The second kappa shape index (κ2) is 7.29. The predicted octanol–water partition coefficient (Wildman–Crippen LogP) is 2.92. The molecule has 0 radical (unpaired) electrons. The van der Waals surface area contributed by atoms with E-state index in [0.29, 0.717) is 17.2 Å². The van der Waals surface area contributed by atoms with Crippen LogP contribution in [0.5, 0.6) is 0 Å². The minimum atomic E-state index is -3.51. The van der Waals surface area contributed by atoms with Gasteiger partial charge >= 0.3 is 0 Å². The Balaban J connectivity index is 1.83. The molecule has 3 rings (SSSR count). The Bertz CT molecular complexity index is 872. The molecule has 0 fully saturated rings. The number of thiophene rings is 1. The van der Waals surface area contributed by atoms with Gasteiger partial charge in [-0.15, -0.1) is 11.3 Å². The van der Waals surface area contributed by atoms with Gasteiger partial charge in [-0.25, -0.2) is 8.42 Å². The molecule has 0 saturated carbocycles. The first kappa shape index (κ1) is 16.9. The highest BCUT2D eigenvalue weighted by Gasteiger charge is 2.26. The van der Waals surface area contributed by atoms with Crippen LogP contribution in [-0.4, -0.2) is 29.0 Å². The summed E-state index contributed by atoms with van der Waals surface area (Å²) >= 11 is 1.24. The van der Waals surface area contributed by atoms with Crippen molar-refractivity contribution in [1.82, 2.24) is 14.1 Å². The number of rotatable bonds is 7. The topological polar surface area (TPSA) is 55.2 Å². The molecule has 3 aromatic rings. The first-order valence-electron chi connectivity index (χ1n) is 7.62. The van der Waals surface area contributed by atoms with Gasteiger partial charge in [-0.2, -0.15) is 9.40 Å². The van der Waals surface area contributed by atoms with Crippen molar-refractivity contribution in [1.29, 1.82) is 0 Å². The molecule has 5 nitrogen and oxygen atoms in total. The molecule has 0 aliphatic rings. The van der Waals surface area contributed by atoms with E-state index in [4.69, 9.17) is 0 Å². The number of hydrogen-bond acceptors (Lipinski definition) is 4. The number of nitrogens with zero attached hydrogens (tertiary/aromatic N) is 3. The second-order valence-electron chi connectivity index (χ2n) is 5.49. The van der Waals surface area contributed by atoms with Gasteiger partial charge in [0.05, 0.1) is 12.2 Å². The lowest BCUT2D eigenvalue weighted by Gasteiger charge is -2.20. The molecule has 0 spiro atoms. The Kier molecular flexibility index (Phi) is 5.13. The third kappa shape index (κ3) is 3.92. The molecule has 24 heavy (non-hydrogen) atoms. The van der Waals surface area contributed by atoms with Crippen LogP contribution in [0.25, 0.3) is 0 Å². The first-order chi connectivity index (χ1) is 11.6. The fraction of sp³-hybridized carbons (Fsp3) is 0.235. The molecule has 0 atom stereocenters. The van der Waals surface area contributed by atoms with E-state index in [1.54, 1.807) is 22.2 Å². The molecule has 0 aliphatic carbocycles. The molecule has 0 N–H and O–H groups in total. The van der Waals surface area contributed by atoms with E-state index in [9.17, 15) is 8.42 Å². The summed E-state index contributed by atoms with van der Waals surface area (Å²) in [6, 6.07) is 15.2. The highest BCUT2D eigenvalue weighted by atomic mass is 32.2. The van der Waals surface area contributed by atoms with Crippen LogP contribution in [0.4, 0.5) is 0 Å². The standard InChI is InChI=1S/C17H19N3O2S2/c1-19-11-10-16(18-19)14-20(12-9-15-6-3-2-4-7-15)24(21,22)17-8-5-13-23-17/h2-8,10-11,13H,9,12,14H2,1H3. The molecule has 7 heteroatoms. The van der Waals surface area contributed by atoms with E-state index in [2.05, 4.69) is 5.10 Å². The minimum absolute atomic E-state index is 0.272. The number of benzene rings is 1. The highest BCUT2D eigenvalue weighted by Crippen LogP contribution is 2.22. The maximum absolute atomic E-state index is 12.9. The van der Waals surface area contributed by atoms with Crippen molar-refractivity contribution in [3.63, 3.8) is 0 Å². The number of hydrogen-bond donors (Lipinski definition) is 0. The Morgan fingerprint density at radius 1 is 1.12 bits per heavy atom. The highest BCUT2D eigenvalue weighted by molar-refractivity contribution is 7.91. The van der Waals surface area contributed by atoms with Gasteiger partial charge in [0.25, 0.3) is 10.0 Å². The Hall–Kier alpha value is -1.96. The summed E-state index contributed by atoms with van der Waals surface area (Å²) in [6.45, 7) is 0.689. The summed E-state index contributed by atoms with van der Waals surface area (Å²) in [5, 5.41) is 6.10. The quantitative estimate of drug-likeness (QED) is 0.650. The van der Waals surface area contributed by atoms with E-state index < -0.39 is 10.0 Å². The summed E-state index contributed by atoms with van der Waals surface area (Å²) in [7, 11) is -1.69. The molecule has 1 aromatic carbocycles. The molecule has 0 bridgehead atoms. The second-order valence-corrected chi connectivity index (χ2v) is 8.60. The number of aromatic nitrogens is 2. The van der Waals surface area contributed by atoms with Gasteiger partial charge in [-0.3, -0.25) is 4.68 Å². The zero-order valence-electron chi connectivity index (χ0n) is 13.4. The third-order valence-electron chi connectivity index (χ3n) is 3.69. The average molecular weight is 361 g/mol.